The predicted octanol–water partition coefficient (Wildman–Crippen LogP) is 1.34. The normalized spacial score (nSPS) is 11.5. The lowest BCUT2D eigenvalue weighted by molar-refractivity contribution is 0.728. The number of hydrogen-bond acceptors (Lipinski definition) is 3. The minimum Gasteiger partial charge on any atom is -0.356 e. The quantitative estimate of drug-likeness (QED) is 0.646. The lowest BCUT2D eigenvalue weighted by atomic mass is 10.1. The van der Waals surface area contributed by atoms with E-state index in [2.05, 4.69) is 39.6 Å². The summed E-state index contributed by atoms with van der Waals surface area (Å²) in [7, 11) is 3.75. The van der Waals surface area contributed by atoms with Crippen molar-refractivity contribution in [2.24, 2.45) is 12.0 Å². The molecule has 118 valence electrons. The zero-order chi connectivity index (χ0) is 15.9. The Bertz CT molecular complexity index is 630. The molecular formula is C16H24N6. The topological polar surface area (TPSA) is 67.1 Å². The van der Waals surface area contributed by atoms with Crippen LogP contribution in [0.4, 0.5) is 0 Å². The fourth-order valence-electron chi connectivity index (χ4n) is 2.38. The summed E-state index contributed by atoms with van der Waals surface area (Å²) in [6.07, 6.45) is 2.72. The average molecular weight is 300 g/mol. The Labute approximate surface area is 131 Å². The maximum atomic E-state index is 4.44. The van der Waals surface area contributed by atoms with Gasteiger partial charge in [0.1, 0.15) is 0 Å². The first-order valence-corrected chi connectivity index (χ1v) is 7.45. The van der Waals surface area contributed by atoms with E-state index in [-0.39, 0.29) is 0 Å². The van der Waals surface area contributed by atoms with Crippen LogP contribution in [0.3, 0.4) is 0 Å². The molecule has 0 saturated heterocycles. The van der Waals surface area contributed by atoms with Gasteiger partial charge in [-0.2, -0.15) is 5.10 Å². The van der Waals surface area contributed by atoms with E-state index in [1.54, 1.807) is 13.2 Å². The van der Waals surface area contributed by atoms with Crippen LogP contribution in [-0.2, 0) is 20.0 Å². The number of hydrogen-bond donors (Lipinski definition) is 2. The van der Waals surface area contributed by atoms with Crippen molar-refractivity contribution in [3.63, 3.8) is 0 Å². The SMILES string of the molecule is CN=C(NCCc1c(C)nn(C)c1C)NCc1ccccn1. The molecule has 0 bridgehead atoms. The lowest BCUT2D eigenvalue weighted by Gasteiger charge is -2.11. The van der Waals surface area contributed by atoms with Gasteiger partial charge in [0.05, 0.1) is 17.9 Å². The van der Waals surface area contributed by atoms with Crippen LogP contribution < -0.4 is 10.6 Å². The molecule has 2 aromatic heterocycles. The Morgan fingerprint density at radius 3 is 2.68 bits per heavy atom. The molecule has 0 aliphatic heterocycles. The number of nitrogens with zero attached hydrogens (tertiary/aromatic N) is 4. The van der Waals surface area contributed by atoms with Crippen molar-refractivity contribution in [2.45, 2.75) is 26.8 Å². The van der Waals surface area contributed by atoms with E-state index < -0.39 is 0 Å². The first-order valence-electron chi connectivity index (χ1n) is 7.45. The molecule has 0 unspecified atom stereocenters. The third-order valence-electron chi connectivity index (χ3n) is 3.71. The van der Waals surface area contributed by atoms with E-state index in [4.69, 9.17) is 0 Å². The first-order chi connectivity index (χ1) is 10.6. The molecule has 22 heavy (non-hydrogen) atoms. The minimum absolute atomic E-state index is 0.658. The maximum absolute atomic E-state index is 4.44. The Kier molecular flexibility index (Phi) is 5.52. The molecule has 0 aliphatic carbocycles. The Morgan fingerprint density at radius 1 is 1.27 bits per heavy atom. The summed E-state index contributed by atoms with van der Waals surface area (Å²) in [6, 6.07) is 5.88. The van der Waals surface area contributed by atoms with Gasteiger partial charge < -0.3 is 10.6 Å². The highest BCUT2D eigenvalue weighted by Crippen LogP contribution is 2.11. The van der Waals surface area contributed by atoms with Crippen LogP contribution in [0.25, 0.3) is 0 Å². The van der Waals surface area contributed by atoms with E-state index in [1.807, 2.05) is 29.9 Å². The van der Waals surface area contributed by atoms with Crippen molar-refractivity contribution in [1.82, 2.24) is 25.4 Å². The monoisotopic (exact) mass is 300 g/mol. The summed E-state index contributed by atoms with van der Waals surface area (Å²) >= 11 is 0. The van der Waals surface area contributed by atoms with Gasteiger partial charge in [0, 0.05) is 32.5 Å². The third kappa shape index (κ3) is 4.07. The highest BCUT2D eigenvalue weighted by atomic mass is 15.3. The van der Waals surface area contributed by atoms with Gasteiger partial charge in [-0.15, -0.1) is 0 Å². The van der Waals surface area contributed by atoms with E-state index >= 15 is 0 Å². The number of nitrogens with one attached hydrogen (secondary N) is 2. The number of aryl methyl sites for hydroxylation is 2. The van der Waals surface area contributed by atoms with Crippen molar-refractivity contribution in [3.05, 3.63) is 47.0 Å². The molecule has 6 heteroatoms. The Morgan fingerprint density at radius 2 is 2.09 bits per heavy atom. The van der Waals surface area contributed by atoms with E-state index in [1.165, 1.54) is 11.3 Å². The highest BCUT2D eigenvalue weighted by molar-refractivity contribution is 5.79. The fraction of sp³-hybridized carbons (Fsp3) is 0.438. The second-order valence-electron chi connectivity index (χ2n) is 5.20. The van der Waals surface area contributed by atoms with Crippen LogP contribution in [0, 0.1) is 13.8 Å². The zero-order valence-corrected chi connectivity index (χ0v) is 13.7. The van der Waals surface area contributed by atoms with Gasteiger partial charge in [-0.05, 0) is 38.0 Å². The summed E-state index contributed by atoms with van der Waals surface area (Å²) in [4.78, 5) is 8.51. The summed E-state index contributed by atoms with van der Waals surface area (Å²) in [5, 5.41) is 11.0. The molecule has 0 fully saturated rings. The van der Waals surface area contributed by atoms with Gasteiger partial charge in [-0.3, -0.25) is 14.7 Å². The molecule has 2 heterocycles. The molecule has 2 rings (SSSR count). The number of pyridine rings is 1. The molecule has 2 N–H and O–H groups in total. The van der Waals surface area contributed by atoms with Gasteiger partial charge in [0.15, 0.2) is 5.96 Å². The van der Waals surface area contributed by atoms with Crippen LogP contribution in [0.1, 0.15) is 22.6 Å². The molecule has 0 aromatic carbocycles. The smallest absolute Gasteiger partial charge is 0.191 e. The summed E-state index contributed by atoms with van der Waals surface area (Å²) in [5.74, 6) is 0.782. The second kappa shape index (κ2) is 7.59. The van der Waals surface area contributed by atoms with Gasteiger partial charge in [0.2, 0.25) is 0 Å². The first kappa shape index (κ1) is 16.0. The molecule has 0 spiro atoms. The highest BCUT2D eigenvalue weighted by Gasteiger charge is 2.09. The summed E-state index contributed by atoms with van der Waals surface area (Å²) in [6.45, 7) is 5.63. The standard InChI is InChI=1S/C16H24N6/c1-12-15(13(2)22(4)21-12)8-10-19-16(17-3)20-11-14-7-5-6-9-18-14/h5-7,9H,8,10-11H2,1-4H3,(H2,17,19,20). The molecule has 0 amide bonds. The number of guanidine groups is 1. The molecule has 0 saturated carbocycles. The predicted molar refractivity (Wildman–Crippen MR) is 88.8 cm³/mol. The largest absolute Gasteiger partial charge is 0.356 e. The number of rotatable bonds is 5. The maximum Gasteiger partial charge on any atom is 0.191 e. The molecule has 0 atom stereocenters. The Balaban J connectivity index is 1.82. The van der Waals surface area contributed by atoms with Crippen molar-refractivity contribution < 1.29 is 0 Å². The third-order valence-corrected chi connectivity index (χ3v) is 3.71. The number of aromatic nitrogens is 3. The van der Waals surface area contributed by atoms with Crippen molar-refractivity contribution >= 4 is 5.96 Å². The average Bonchev–Trinajstić information content (AvgIpc) is 2.77. The fourth-order valence-corrected chi connectivity index (χ4v) is 2.38. The zero-order valence-electron chi connectivity index (χ0n) is 13.7. The second-order valence-corrected chi connectivity index (χ2v) is 5.20. The van der Waals surface area contributed by atoms with E-state index in [0.717, 1.165) is 30.3 Å². The van der Waals surface area contributed by atoms with E-state index in [9.17, 15) is 0 Å². The van der Waals surface area contributed by atoms with Crippen LogP contribution in [-0.4, -0.2) is 34.3 Å². The molecule has 6 nitrogen and oxygen atoms in total. The van der Waals surface area contributed by atoms with Gasteiger partial charge in [-0.1, -0.05) is 6.07 Å². The Hall–Kier alpha value is -2.37. The summed E-state index contributed by atoms with van der Waals surface area (Å²) < 4.78 is 1.93. The molecular weight excluding hydrogens is 276 g/mol. The lowest BCUT2D eigenvalue weighted by Crippen LogP contribution is -2.38. The molecule has 2 aromatic rings. The van der Waals surface area contributed by atoms with Crippen LogP contribution in [0.5, 0.6) is 0 Å². The van der Waals surface area contributed by atoms with Crippen molar-refractivity contribution in [3.8, 4) is 0 Å². The number of aliphatic imine (C=N–C) groups is 1. The minimum atomic E-state index is 0.658. The molecule has 0 aliphatic rings. The van der Waals surface area contributed by atoms with Gasteiger partial charge >= 0.3 is 0 Å². The van der Waals surface area contributed by atoms with Crippen molar-refractivity contribution in [2.75, 3.05) is 13.6 Å². The van der Waals surface area contributed by atoms with Crippen LogP contribution >= 0.6 is 0 Å². The van der Waals surface area contributed by atoms with Gasteiger partial charge in [-0.25, -0.2) is 0 Å². The van der Waals surface area contributed by atoms with E-state index in [0.29, 0.717) is 6.54 Å². The van der Waals surface area contributed by atoms with Crippen molar-refractivity contribution in [1.29, 1.82) is 0 Å². The van der Waals surface area contributed by atoms with Crippen LogP contribution in [0.15, 0.2) is 29.4 Å². The summed E-state index contributed by atoms with van der Waals surface area (Å²) in [5.41, 5.74) is 4.61. The van der Waals surface area contributed by atoms with Crippen LogP contribution in [0.2, 0.25) is 0 Å². The van der Waals surface area contributed by atoms with Gasteiger partial charge in [0.25, 0.3) is 0 Å². The molecule has 0 radical (unpaired) electrons.